The minimum absolute atomic E-state index is 0.0540. The summed E-state index contributed by atoms with van der Waals surface area (Å²) in [6.45, 7) is 1.46. The van der Waals surface area contributed by atoms with Gasteiger partial charge in [0.15, 0.2) is 11.6 Å². The van der Waals surface area contributed by atoms with Crippen LogP contribution in [0.15, 0.2) is 87.4 Å². The van der Waals surface area contributed by atoms with Gasteiger partial charge >= 0.3 is 0 Å². The Morgan fingerprint density at radius 3 is 2.55 bits per heavy atom. The third-order valence-electron chi connectivity index (χ3n) is 6.90. The molecule has 1 amide bonds. The van der Waals surface area contributed by atoms with Crippen molar-refractivity contribution in [3.8, 4) is 5.75 Å². The SMILES string of the molecule is COCCCNC(=O)[C@]1(Cc2ccccc2Br)N=C(c2ccc(OCCCO)cc2)O[C@@H]1c1ccccc1CN=[N+]=[N-]. The van der Waals surface area contributed by atoms with Crippen LogP contribution < -0.4 is 10.1 Å². The van der Waals surface area contributed by atoms with E-state index in [4.69, 9.17) is 29.8 Å². The fourth-order valence-corrected chi connectivity index (χ4v) is 5.23. The highest BCUT2D eigenvalue weighted by Crippen LogP contribution is 2.44. The van der Waals surface area contributed by atoms with Gasteiger partial charge in [0.1, 0.15) is 5.75 Å². The number of nitrogens with one attached hydrogen (secondary N) is 1. The molecule has 42 heavy (non-hydrogen) atoms. The number of aliphatic hydroxyl groups is 1. The van der Waals surface area contributed by atoms with E-state index >= 15 is 0 Å². The van der Waals surface area contributed by atoms with Crippen molar-refractivity contribution in [2.24, 2.45) is 10.1 Å². The number of ether oxygens (including phenoxy) is 3. The molecule has 3 aromatic rings. The van der Waals surface area contributed by atoms with Crippen LogP contribution in [0.5, 0.6) is 5.75 Å². The lowest BCUT2D eigenvalue weighted by atomic mass is 9.80. The van der Waals surface area contributed by atoms with E-state index in [1.165, 1.54) is 0 Å². The van der Waals surface area contributed by atoms with Gasteiger partial charge in [-0.05, 0) is 59.0 Å². The molecule has 1 aliphatic rings. The van der Waals surface area contributed by atoms with E-state index in [1.807, 2.05) is 72.8 Å². The first-order valence-electron chi connectivity index (χ1n) is 13.7. The van der Waals surface area contributed by atoms with Crippen molar-refractivity contribution in [1.82, 2.24) is 5.32 Å². The Kier molecular flexibility index (Phi) is 11.4. The van der Waals surface area contributed by atoms with Gasteiger partial charge in [0.25, 0.3) is 5.91 Å². The summed E-state index contributed by atoms with van der Waals surface area (Å²) in [7, 11) is 1.62. The van der Waals surface area contributed by atoms with Crippen molar-refractivity contribution in [1.29, 1.82) is 0 Å². The lowest BCUT2D eigenvalue weighted by Crippen LogP contribution is -2.50. The lowest BCUT2D eigenvalue weighted by molar-refractivity contribution is -0.129. The Hall–Kier alpha value is -3.89. The summed E-state index contributed by atoms with van der Waals surface area (Å²) in [5, 5.41) is 15.9. The number of hydrogen-bond acceptors (Lipinski definition) is 7. The third kappa shape index (κ3) is 7.49. The number of aliphatic imine (C=N–C) groups is 1. The molecule has 0 saturated carbocycles. The van der Waals surface area contributed by atoms with E-state index in [-0.39, 0.29) is 25.5 Å². The number of amides is 1. The highest BCUT2D eigenvalue weighted by Gasteiger charge is 2.53. The first-order chi connectivity index (χ1) is 20.5. The van der Waals surface area contributed by atoms with Gasteiger partial charge in [-0.15, -0.1) is 0 Å². The zero-order valence-corrected chi connectivity index (χ0v) is 25.0. The molecule has 2 N–H and O–H groups in total. The van der Waals surface area contributed by atoms with Crippen LogP contribution in [-0.2, 0) is 27.2 Å². The average molecular weight is 637 g/mol. The molecule has 0 bridgehead atoms. The molecular formula is C31H34BrN5O5. The number of halogens is 1. The monoisotopic (exact) mass is 635 g/mol. The summed E-state index contributed by atoms with van der Waals surface area (Å²) in [4.78, 5) is 22.3. The van der Waals surface area contributed by atoms with Crippen LogP contribution in [0.1, 0.15) is 41.2 Å². The Bertz CT molecular complexity index is 1430. The summed E-state index contributed by atoms with van der Waals surface area (Å²) < 4.78 is 18.3. The molecule has 2 atom stereocenters. The van der Waals surface area contributed by atoms with Crippen molar-refractivity contribution in [2.45, 2.75) is 37.5 Å². The van der Waals surface area contributed by atoms with Crippen molar-refractivity contribution in [2.75, 3.05) is 33.5 Å². The summed E-state index contributed by atoms with van der Waals surface area (Å²) in [5.74, 6) is 0.689. The zero-order valence-electron chi connectivity index (χ0n) is 23.4. The number of aliphatic hydroxyl groups excluding tert-OH is 1. The first kappa shape index (κ1) is 31.1. The van der Waals surface area contributed by atoms with Crippen LogP contribution in [0.4, 0.5) is 0 Å². The van der Waals surface area contributed by atoms with Crippen LogP contribution >= 0.6 is 15.9 Å². The molecule has 0 radical (unpaired) electrons. The van der Waals surface area contributed by atoms with E-state index in [1.54, 1.807) is 7.11 Å². The molecular weight excluding hydrogens is 602 g/mol. The minimum Gasteiger partial charge on any atom is -0.494 e. The summed E-state index contributed by atoms with van der Waals surface area (Å²) in [5.41, 5.74) is 10.7. The molecule has 220 valence electrons. The van der Waals surface area contributed by atoms with Gasteiger partial charge in [0, 0.05) is 54.7 Å². The maximum atomic E-state index is 14.3. The number of nitrogens with zero attached hydrogens (tertiary/aromatic N) is 4. The molecule has 10 nitrogen and oxygen atoms in total. The van der Waals surface area contributed by atoms with E-state index < -0.39 is 11.6 Å². The summed E-state index contributed by atoms with van der Waals surface area (Å²) in [6.07, 6.45) is 0.607. The van der Waals surface area contributed by atoms with Gasteiger partial charge in [-0.3, -0.25) is 4.79 Å². The Morgan fingerprint density at radius 2 is 1.83 bits per heavy atom. The third-order valence-corrected chi connectivity index (χ3v) is 7.67. The Labute approximate surface area is 253 Å². The highest BCUT2D eigenvalue weighted by atomic mass is 79.9. The number of carbonyl (C=O) groups excluding carboxylic acids is 1. The topological polar surface area (TPSA) is 138 Å². The number of benzene rings is 3. The van der Waals surface area contributed by atoms with Gasteiger partial charge in [-0.1, -0.05) is 63.5 Å². The summed E-state index contributed by atoms with van der Waals surface area (Å²) >= 11 is 3.65. The maximum Gasteiger partial charge on any atom is 0.252 e. The van der Waals surface area contributed by atoms with Gasteiger partial charge in [0.2, 0.25) is 5.90 Å². The fraction of sp³-hybridized carbons (Fsp3) is 0.355. The number of methoxy groups -OCH3 is 1. The van der Waals surface area contributed by atoms with Crippen molar-refractivity contribution < 1.29 is 24.1 Å². The predicted molar refractivity (Wildman–Crippen MR) is 163 cm³/mol. The van der Waals surface area contributed by atoms with Crippen LogP contribution in [0, 0.1) is 0 Å². The second-order valence-corrected chi connectivity index (χ2v) is 10.6. The molecule has 0 saturated heterocycles. The second-order valence-electron chi connectivity index (χ2n) is 9.75. The largest absolute Gasteiger partial charge is 0.494 e. The average Bonchev–Trinajstić information content (AvgIpc) is 3.40. The molecule has 1 aliphatic heterocycles. The van der Waals surface area contributed by atoms with E-state index in [2.05, 4.69) is 31.3 Å². The van der Waals surface area contributed by atoms with Crippen LogP contribution in [0.2, 0.25) is 0 Å². The molecule has 3 aromatic carbocycles. The molecule has 4 rings (SSSR count). The lowest BCUT2D eigenvalue weighted by Gasteiger charge is -2.32. The number of rotatable bonds is 15. The second kappa shape index (κ2) is 15.4. The van der Waals surface area contributed by atoms with Gasteiger partial charge in [-0.25, -0.2) is 4.99 Å². The molecule has 0 aliphatic carbocycles. The number of azide groups is 1. The van der Waals surface area contributed by atoms with Crippen LogP contribution in [-0.4, -0.2) is 55.9 Å². The summed E-state index contributed by atoms with van der Waals surface area (Å²) in [6, 6.07) is 22.5. The molecule has 0 aromatic heterocycles. The molecule has 0 spiro atoms. The zero-order chi connectivity index (χ0) is 29.8. The minimum atomic E-state index is -1.38. The Morgan fingerprint density at radius 1 is 1.10 bits per heavy atom. The normalized spacial score (nSPS) is 17.6. The van der Waals surface area contributed by atoms with Gasteiger partial charge < -0.3 is 24.6 Å². The molecule has 0 fully saturated rings. The van der Waals surface area contributed by atoms with Crippen LogP contribution in [0.3, 0.4) is 0 Å². The quantitative estimate of drug-likeness (QED) is 0.0958. The molecule has 1 heterocycles. The Balaban J connectivity index is 1.81. The maximum absolute atomic E-state index is 14.3. The number of hydrogen-bond donors (Lipinski definition) is 2. The standard InChI is InChI=1S/C31H34BrN5O5/c1-40-18-6-16-34-30(39)31(20-23-8-3-5-11-27(23)32)28(26-10-4-2-9-24(26)21-35-37-33)42-29(36-31)22-12-14-25(15-13-22)41-19-7-17-38/h2-5,8-15,28,38H,6-7,16-21H2,1H3,(H,34,39)/t28-,31-/m1/s1. The first-order valence-corrected chi connectivity index (χ1v) is 14.5. The van der Waals surface area contributed by atoms with Gasteiger partial charge in [0.05, 0.1) is 13.2 Å². The van der Waals surface area contributed by atoms with E-state index in [0.29, 0.717) is 55.4 Å². The van der Waals surface area contributed by atoms with E-state index in [9.17, 15) is 4.79 Å². The van der Waals surface area contributed by atoms with Crippen molar-refractivity contribution >= 4 is 27.7 Å². The van der Waals surface area contributed by atoms with Crippen LogP contribution in [0.25, 0.3) is 10.4 Å². The highest BCUT2D eigenvalue weighted by molar-refractivity contribution is 9.10. The van der Waals surface area contributed by atoms with Crippen molar-refractivity contribution in [3.63, 3.8) is 0 Å². The fourth-order valence-electron chi connectivity index (χ4n) is 4.80. The predicted octanol–water partition coefficient (Wildman–Crippen LogP) is 5.67. The molecule has 11 heteroatoms. The molecule has 0 unspecified atom stereocenters. The van der Waals surface area contributed by atoms with Crippen molar-refractivity contribution in [3.05, 3.63) is 110 Å². The smallest absolute Gasteiger partial charge is 0.252 e. The number of carbonyl (C=O) groups is 1. The van der Waals surface area contributed by atoms with E-state index in [0.717, 1.165) is 15.6 Å². The van der Waals surface area contributed by atoms with Gasteiger partial charge in [-0.2, -0.15) is 0 Å².